The molecule has 5 heteroatoms. The van der Waals surface area contributed by atoms with E-state index in [1.807, 2.05) is 0 Å². The highest BCUT2D eigenvalue weighted by atomic mass is 79.9. The van der Waals surface area contributed by atoms with Crippen molar-refractivity contribution >= 4 is 22.8 Å². The van der Waals surface area contributed by atoms with Crippen LogP contribution in [0.2, 0.25) is 0 Å². The summed E-state index contributed by atoms with van der Waals surface area (Å²) in [4.78, 5) is 12.0. The fraction of sp³-hybridized carbons (Fsp3) is 0.750. The van der Waals surface area contributed by atoms with E-state index in [1.54, 1.807) is 11.3 Å². The molecule has 4 bridgehead atoms. The maximum Gasteiger partial charge on any atom is 0.332 e. The number of aryl methyl sites for hydroxylation is 1. The fourth-order valence-electron chi connectivity index (χ4n) is 5.81. The molecule has 0 radical (unpaired) electrons. The van der Waals surface area contributed by atoms with E-state index in [0.717, 1.165) is 28.6 Å². The van der Waals surface area contributed by atoms with Crippen LogP contribution in [0.5, 0.6) is 0 Å². The van der Waals surface area contributed by atoms with Gasteiger partial charge in [-0.2, -0.15) is 0 Å². The molecule has 1 unspecified atom stereocenters. The lowest BCUT2D eigenvalue weighted by molar-refractivity contribution is -0.712. The lowest BCUT2D eigenvalue weighted by Crippen LogP contribution is -3.00. The topological polar surface area (TPSA) is 47.0 Å². The second kappa shape index (κ2) is 5.34. The molecule has 1 aromatic rings. The van der Waals surface area contributed by atoms with E-state index >= 15 is 0 Å². The van der Waals surface area contributed by atoms with Gasteiger partial charge in [0.15, 0.2) is 12.3 Å². The number of rotatable bonds is 3. The molecule has 0 saturated heterocycles. The number of nitrogens with zero attached hydrogens (tertiary/aromatic N) is 1. The predicted octanol–water partition coefficient (Wildman–Crippen LogP) is -0.113. The summed E-state index contributed by atoms with van der Waals surface area (Å²) < 4.78 is 2.12. The molecule has 0 spiro atoms. The first-order valence-electron chi connectivity index (χ1n) is 7.82. The first kappa shape index (κ1) is 15.5. The van der Waals surface area contributed by atoms with Gasteiger partial charge in [-0.3, -0.25) is 10.5 Å². The third-order valence-electron chi connectivity index (χ3n) is 6.09. The maximum absolute atomic E-state index is 12.0. The molecule has 1 atom stereocenters. The Morgan fingerprint density at radius 1 is 1.29 bits per heavy atom. The van der Waals surface area contributed by atoms with Crippen LogP contribution in [0.3, 0.4) is 0 Å². The molecule has 1 aromatic heterocycles. The van der Waals surface area contributed by atoms with Gasteiger partial charge in [-0.25, -0.2) is 4.57 Å². The van der Waals surface area contributed by atoms with Gasteiger partial charge in [0.1, 0.15) is 5.69 Å². The van der Waals surface area contributed by atoms with E-state index in [1.165, 1.54) is 44.8 Å². The SMILES string of the molecule is Cc1csc(N)[n+]1C(C=O)C12CC3CC(CC(C3)C1)C2.[Br-]. The molecule has 0 aromatic carbocycles. The Morgan fingerprint density at radius 3 is 2.19 bits per heavy atom. The highest BCUT2D eigenvalue weighted by Gasteiger charge is 2.56. The van der Waals surface area contributed by atoms with Crippen LogP contribution in [0, 0.1) is 30.1 Å². The second-order valence-electron chi connectivity index (χ2n) is 7.45. The molecule has 21 heavy (non-hydrogen) atoms. The number of carbonyl (C=O) groups is 1. The molecule has 1 heterocycles. The van der Waals surface area contributed by atoms with Gasteiger partial charge < -0.3 is 17.0 Å². The Bertz CT molecular complexity index is 502. The molecule has 0 amide bonds. The van der Waals surface area contributed by atoms with Crippen molar-refractivity contribution in [1.82, 2.24) is 0 Å². The lowest BCUT2D eigenvalue weighted by atomic mass is 9.48. The zero-order valence-corrected chi connectivity index (χ0v) is 14.8. The van der Waals surface area contributed by atoms with Gasteiger partial charge in [0.2, 0.25) is 0 Å². The number of carbonyl (C=O) groups excluding carboxylic acids is 1. The van der Waals surface area contributed by atoms with Crippen LogP contribution in [0.15, 0.2) is 5.38 Å². The van der Waals surface area contributed by atoms with Crippen LogP contribution in [-0.2, 0) is 4.79 Å². The lowest BCUT2D eigenvalue weighted by Gasteiger charge is -2.57. The minimum Gasteiger partial charge on any atom is -1.00 e. The molecular weight excluding hydrogens is 348 g/mol. The Labute approximate surface area is 140 Å². The zero-order valence-electron chi connectivity index (χ0n) is 12.4. The Hall–Kier alpha value is -0.420. The molecule has 4 fully saturated rings. The van der Waals surface area contributed by atoms with Crippen molar-refractivity contribution in [1.29, 1.82) is 0 Å². The molecule has 5 rings (SSSR count). The van der Waals surface area contributed by atoms with Gasteiger partial charge in [-0.15, -0.1) is 0 Å². The predicted molar refractivity (Wildman–Crippen MR) is 79.4 cm³/mol. The minimum absolute atomic E-state index is 0. The Balaban J connectivity index is 0.00000132. The molecule has 2 N–H and O–H groups in total. The number of aromatic nitrogens is 1. The largest absolute Gasteiger partial charge is 1.00 e. The summed E-state index contributed by atoms with van der Waals surface area (Å²) in [5.41, 5.74) is 7.49. The van der Waals surface area contributed by atoms with Crippen LogP contribution in [0.25, 0.3) is 0 Å². The number of anilines is 1. The number of hydrogen-bond acceptors (Lipinski definition) is 3. The van der Waals surface area contributed by atoms with Gasteiger partial charge in [0.25, 0.3) is 0 Å². The van der Waals surface area contributed by atoms with Gasteiger partial charge in [-0.05, 0) is 63.2 Å². The summed E-state index contributed by atoms with van der Waals surface area (Å²) >= 11 is 1.56. The molecular formula is C16H23BrN2OS. The van der Waals surface area contributed by atoms with Gasteiger partial charge in [0, 0.05) is 10.8 Å². The van der Waals surface area contributed by atoms with E-state index in [2.05, 4.69) is 16.9 Å². The van der Waals surface area contributed by atoms with Crippen molar-refractivity contribution in [2.75, 3.05) is 5.73 Å². The van der Waals surface area contributed by atoms with E-state index in [0.29, 0.717) is 0 Å². The monoisotopic (exact) mass is 370 g/mol. The fourth-order valence-corrected chi connectivity index (χ4v) is 6.58. The standard InChI is InChI=1S/C16H22N2OS.BrH/c1-10-9-20-15(17)18(10)14(8-19)16-5-11-2-12(6-16)4-13(3-11)7-16;/h8-9,11-14,17H,2-7H2,1H3;1H. The molecule has 3 nitrogen and oxygen atoms in total. The summed E-state index contributed by atoms with van der Waals surface area (Å²) in [7, 11) is 0. The number of thiazole rings is 1. The summed E-state index contributed by atoms with van der Waals surface area (Å²) in [6.45, 7) is 2.07. The summed E-state index contributed by atoms with van der Waals surface area (Å²) in [5, 5.41) is 2.86. The van der Waals surface area contributed by atoms with Gasteiger partial charge >= 0.3 is 5.13 Å². The van der Waals surface area contributed by atoms with Crippen molar-refractivity contribution in [2.24, 2.45) is 23.2 Å². The molecule has 0 aliphatic heterocycles. The number of aldehydes is 1. The molecule has 4 aliphatic carbocycles. The Morgan fingerprint density at radius 2 is 1.81 bits per heavy atom. The third-order valence-corrected chi connectivity index (χ3v) is 6.98. The Kier molecular flexibility index (Phi) is 3.93. The van der Waals surface area contributed by atoms with Gasteiger partial charge in [0.05, 0.1) is 0 Å². The van der Waals surface area contributed by atoms with Crippen LogP contribution in [0.4, 0.5) is 5.13 Å². The van der Waals surface area contributed by atoms with E-state index < -0.39 is 0 Å². The van der Waals surface area contributed by atoms with Crippen LogP contribution >= 0.6 is 11.3 Å². The number of hydrogen-bond donors (Lipinski definition) is 1. The molecule has 116 valence electrons. The molecule has 4 aliphatic rings. The van der Waals surface area contributed by atoms with Crippen molar-refractivity contribution in [3.05, 3.63) is 11.1 Å². The van der Waals surface area contributed by atoms with Crippen molar-refractivity contribution in [2.45, 2.75) is 51.5 Å². The van der Waals surface area contributed by atoms with Crippen molar-refractivity contribution < 1.29 is 26.3 Å². The number of nitrogens with two attached hydrogens (primary N) is 1. The smallest absolute Gasteiger partial charge is 0.332 e. The second-order valence-corrected chi connectivity index (χ2v) is 8.34. The maximum atomic E-state index is 12.0. The minimum atomic E-state index is -0.0397. The normalized spacial score (nSPS) is 38.0. The van der Waals surface area contributed by atoms with E-state index in [9.17, 15) is 4.79 Å². The third kappa shape index (κ3) is 2.27. The summed E-state index contributed by atoms with van der Waals surface area (Å²) in [6.07, 6.45) is 9.14. The molecule has 4 saturated carbocycles. The first-order valence-corrected chi connectivity index (χ1v) is 8.69. The van der Waals surface area contributed by atoms with Crippen LogP contribution < -0.4 is 27.3 Å². The number of halogens is 1. The highest BCUT2D eigenvalue weighted by molar-refractivity contribution is 7.13. The average molecular weight is 371 g/mol. The highest BCUT2D eigenvalue weighted by Crippen LogP contribution is 2.62. The quantitative estimate of drug-likeness (QED) is 0.595. The summed E-state index contributed by atoms with van der Waals surface area (Å²) in [6, 6.07) is -0.0397. The van der Waals surface area contributed by atoms with E-state index in [4.69, 9.17) is 5.73 Å². The first-order chi connectivity index (χ1) is 9.61. The van der Waals surface area contributed by atoms with Crippen molar-refractivity contribution in [3.8, 4) is 0 Å². The number of nitrogen functional groups attached to an aromatic ring is 1. The summed E-state index contributed by atoms with van der Waals surface area (Å²) in [5.74, 6) is 2.60. The average Bonchev–Trinajstić information content (AvgIpc) is 2.70. The zero-order chi connectivity index (χ0) is 13.9. The van der Waals surface area contributed by atoms with Gasteiger partial charge in [-0.1, -0.05) is 11.3 Å². The van der Waals surface area contributed by atoms with Crippen LogP contribution in [-0.4, -0.2) is 6.29 Å². The van der Waals surface area contributed by atoms with Crippen LogP contribution in [0.1, 0.15) is 50.3 Å². The van der Waals surface area contributed by atoms with Crippen molar-refractivity contribution in [3.63, 3.8) is 0 Å². The van der Waals surface area contributed by atoms with E-state index in [-0.39, 0.29) is 28.4 Å².